The Hall–Kier alpha value is -3.63. The van der Waals surface area contributed by atoms with Crippen LogP contribution in [0.2, 0.25) is 0 Å². The average molecular weight is 436 g/mol. The number of esters is 1. The lowest BCUT2D eigenvalue weighted by Crippen LogP contribution is -2.80. The number of rotatable bonds is 6. The summed E-state index contributed by atoms with van der Waals surface area (Å²) in [6.45, 7) is 0.454. The van der Waals surface area contributed by atoms with Crippen molar-refractivity contribution in [1.29, 1.82) is 0 Å². The molecule has 1 saturated heterocycles. The molecule has 0 bridgehead atoms. The van der Waals surface area contributed by atoms with E-state index in [4.69, 9.17) is 4.74 Å². The van der Waals surface area contributed by atoms with Crippen LogP contribution in [0, 0.1) is 0 Å². The summed E-state index contributed by atoms with van der Waals surface area (Å²) in [5.41, 5.74) is 1.04. The number of ether oxygens (including phenoxy) is 1. The summed E-state index contributed by atoms with van der Waals surface area (Å²) in [4.78, 5) is 13.1. The number of cyclic esters (lactones) is 1. The summed E-state index contributed by atoms with van der Waals surface area (Å²) in [5, 5.41) is 3.71. The zero-order chi connectivity index (χ0) is 21.8. The molecule has 158 valence electrons. The fourth-order valence-electron chi connectivity index (χ4n) is 4.87. The molecule has 0 spiro atoms. The van der Waals surface area contributed by atoms with Gasteiger partial charge in [0.05, 0.1) is 6.61 Å². The molecular weight excluding hydrogens is 410 g/mol. The van der Waals surface area contributed by atoms with Gasteiger partial charge in [-0.05, 0) is 27.7 Å². The highest BCUT2D eigenvalue weighted by Crippen LogP contribution is 2.29. The maximum atomic E-state index is 13.1. The van der Waals surface area contributed by atoms with Crippen LogP contribution in [0.15, 0.2) is 121 Å². The van der Waals surface area contributed by atoms with Gasteiger partial charge >= 0.3 is 5.97 Å². The lowest BCUT2D eigenvalue weighted by Gasteiger charge is -2.47. The Morgan fingerprint density at radius 2 is 1.03 bits per heavy atom. The van der Waals surface area contributed by atoms with Gasteiger partial charge in [0.2, 0.25) is 0 Å². The van der Waals surface area contributed by atoms with Crippen LogP contribution in [0.25, 0.3) is 0 Å². The van der Waals surface area contributed by atoms with Crippen LogP contribution in [-0.4, -0.2) is 26.9 Å². The van der Waals surface area contributed by atoms with Crippen molar-refractivity contribution in [1.82, 2.24) is 0 Å². The van der Waals surface area contributed by atoms with E-state index in [0.29, 0.717) is 13.0 Å². The molecule has 0 aromatic heterocycles. The first-order valence-corrected chi connectivity index (χ1v) is 12.9. The second-order valence-corrected chi connectivity index (χ2v) is 11.6. The van der Waals surface area contributed by atoms with Crippen LogP contribution in [0.5, 0.6) is 0 Å². The number of hydrogen-bond donors (Lipinski definition) is 0. The molecule has 0 saturated carbocycles. The van der Waals surface area contributed by atoms with E-state index in [1.54, 1.807) is 0 Å². The Balaban J connectivity index is 1.90. The standard InChI is InChI=1S/C28H25NO2Si/c30-28-27(21-22-31-28)29(23-13-5-1-6-14-23)32(24-15-7-2-8-16-24,25-17-9-3-10-18-25)26-19-11-4-12-20-26/h1-20,27H,21-22H2. The topological polar surface area (TPSA) is 29.5 Å². The maximum Gasteiger partial charge on any atom is 0.328 e. The minimum absolute atomic E-state index is 0.145. The van der Waals surface area contributed by atoms with Gasteiger partial charge in [-0.1, -0.05) is 109 Å². The maximum absolute atomic E-state index is 13.1. The fourth-order valence-corrected chi connectivity index (χ4v) is 9.97. The Morgan fingerprint density at radius 3 is 1.41 bits per heavy atom. The first-order valence-electron chi connectivity index (χ1n) is 11.0. The number of carbonyl (C=O) groups excluding carboxylic acids is 1. The van der Waals surface area contributed by atoms with Crippen LogP contribution in [0.1, 0.15) is 6.42 Å². The third-order valence-corrected chi connectivity index (χ3v) is 11.0. The molecule has 4 aromatic carbocycles. The summed E-state index contributed by atoms with van der Waals surface area (Å²) < 4.78 is 7.92. The van der Waals surface area contributed by atoms with Crippen molar-refractivity contribution in [2.45, 2.75) is 12.5 Å². The number of hydrogen-bond acceptors (Lipinski definition) is 3. The van der Waals surface area contributed by atoms with Gasteiger partial charge in [0.25, 0.3) is 8.24 Å². The van der Waals surface area contributed by atoms with E-state index in [-0.39, 0.29) is 12.0 Å². The van der Waals surface area contributed by atoms with E-state index < -0.39 is 8.24 Å². The summed E-state index contributed by atoms with van der Waals surface area (Å²) in [6, 6.07) is 42.0. The number of carbonyl (C=O) groups is 1. The molecule has 4 heteroatoms. The van der Waals surface area contributed by atoms with Crippen LogP contribution in [-0.2, 0) is 9.53 Å². The number of para-hydroxylation sites is 1. The highest BCUT2D eigenvalue weighted by Gasteiger charge is 2.51. The van der Waals surface area contributed by atoms with Gasteiger partial charge in [-0.25, -0.2) is 4.79 Å². The Morgan fingerprint density at radius 1 is 0.625 bits per heavy atom. The first kappa shape index (κ1) is 20.3. The molecule has 0 radical (unpaired) electrons. The largest absolute Gasteiger partial charge is 0.464 e. The third kappa shape index (κ3) is 3.43. The van der Waals surface area contributed by atoms with Crippen molar-refractivity contribution in [2.24, 2.45) is 0 Å². The lowest BCUT2D eigenvalue weighted by atomic mass is 10.2. The van der Waals surface area contributed by atoms with Gasteiger partial charge in [0, 0.05) is 12.1 Å². The molecule has 1 aliphatic rings. The van der Waals surface area contributed by atoms with E-state index in [1.165, 1.54) is 15.6 Å². The third-order valence-electron chi connectivity index (χ3n) is 6.19. The molecule has 0 amide bonds. The molecule has 3 nitrogen and oxygen atoms in total. The normalized spacial score (nSPS) is 15.9. The SMILES string of the molecule is O=C1OCCC1N(c1ccccc1)[Si](c1ccccc1)(c1ccccc1)c1ccccc1. The van der Waals surface area contributed by atoms with E-state index in [0.717, 1.165) is 5.69 Å². The smallest absolute Gasteiger partial charge is 0.328 e. The molecule has 0 N–H and O–H groups in total. The molecule has 0 aliphatic carbocycles. The van der Waals surface area contributed by atoms with E-state index in [1.807, 2.05) is 18.2 Å². The molecule has 1 atom stereocenters. The Kier molecular flexibility index (Phi) is 5.61. The second-order valence-electron chi connectivity index (χ2n) is 7.99. The van der Waals surface area contributed by atoms with Gasteiger partial charge < -0.3 is 9.30 Å². The van der Waals surface area contributed by atoms with Crippen molar-refractivity contribution in [3.05, 3.63) is 121 Å². The number of nitrogens with zero attached hydrogens (tertiary/aromatic N) is 1. The molecule has 1 unspecified atom stereocenters. The summed E-state index contributed by atoms with van der Waals surface area (Å²) >= 11 is 0. The number of anilines is 1. The van der Waals surface area contributed by atoms with Crippen LogP contribution < -0.4 is 20.1 Å². The summed E-state index contributed by atoms with van der Waals surface area (Å²) in [5.74, 6) is -0.145. The molecule has 5 rings (SSSR count). The molecular formula is C28H25NO2Si. The van der Waals surface area contributed by atoms with Crippen LogP contribution >= 0.6 is 0 Å². The van der Waals surface area contributed by atoms with E-state index in [2.05, 4.69) is 108 Å². The minimum atomic E-state index is -2.87. The van der Waals surface area contributed by atoms with Gasteiger partial charge in [-0.3, -0.25) is 0 Å². The van der Waals surface area contributed by atoms with Crippen molar-refractivity contribution in [2.75, 3.05) is 11.2 Å². The van der Waals surface area contributed by atoms with Crippen LogP contribution in [0.3, 0.4) is 0 Å². The number of benzene rings is 4. The summed E-state index contributed by atoms with van der Waals surface area (Å²) in [7, 11) is -2.87. The monoisotopic (exact) mass is 435 g/mol. The highest BCUT2D eigenvalue weighted by atomic mass is 28.3. The van der Waals surface area contributed by atoms with Gasteiger partial charge in [-0.2, -0.15) is 0 Å². The Labute approximate surface area is 190 Å². The average Bonchev–Trinajstić information content (AvgIpc) is 3.29. The van der Waals surface area contributed by atoms with E-state index >= 15 is 0 Å². The van der Waals surface area contributed by atoms with Crippen LogP contribution in [0.4, 0.5) is 5.69 Å². The zero-order valence-electron chi connectivity index (χ0n) is 17.8. The van der Waals surface area contributed by atoms with Crippen molar-refractivity contribution in [3.8, 4) is 0 Å². The quantitative estimate of drug-likeness (QED) is 0.264. The van der Waals surface area contributed by atoms with Gasteiger partial charge in [-0.15, -0.1) is 0 Å². The predicted octanol–water partition coefficient (Wildman–Crippen LogP) is 3.48. The van der Waals surface area contributed by atoms with Crippen molar-refractivity contribution >= 4 is 35.5 Å². The van der Waals surface area contributed by atoms with Crippen molar-refractivity contribution < 1.29 is 9.53 Å². The predicted molar refractivity (Wildman–Crippen MR) is 132 cm³/mol. The van der Waals surface area contributed by atoms with Crippen molar-refractivity contribution in [3.63, 3.8) is 0 Å². The molecule has 1 heterocycles. The molecule has 1 fully saturated rings. The Bertz CT molecular complexity index is 1070. The fraction of sp³-hybridized carbons (Fsp3) is 0.107. The second kappa shape index (κ2) is 8.85. The molecule has 4 aromatic rings. The summed E-state index contributed by atoms with van der Waals surface area (Å²) in [6.07, 6.45) is 0.676. The lowest BCUT2D eigenvalue weighted by molar-refractivity contribution is -0.138. The molecule has 1 aliphatic heterocycles. The molecule has 32 heavy (non-hydrogen) atoms. The highest BCUT2D eigenvalue weighted by molar-refractivity contribution is 7.13. The zero-order valence-corrected chi connectivity index (χ0v) is 18.8. The van der Waals surface area contributed by atoms with E-state index in [9.17, 15) is 4.79 Å². The van der Waals surface area contributed by atoms with Gasteiger partial charge in [0.1, 0.15) is 6.04 Å². The first-order chi connectivity index (χ1) is 15.8. The van der Waals surface area contributed by atoms with Gasteiger partial charge in [0.15, 0.2) is 0 Å². The minimum Gasteiger partial charge on any atom is -0.464 e.